The summed E-state index contributed by atoms with van der Waals surface area (Å²) >= 11 is 0. The zero-order chi connectivity index (χ0) is 25.3. The summed E-state index contributed by atoms with van der Waals surface area (Å²) in [5.74, 6) is -2.57. The number of carbonyl (C=O) groups excluding carboxylic acids is 2. The van der Waals surface area contributed by atoms with E-state index in [9.17, 15) is 27.2 Å². The van der Waals surface area contributed by atoms with Crippen molar-refractivity contribution in [2.75, 3.05) is 20.6 Å². The molecule has 1 aliphatic carbocycles. The van der Waals surface area contributed by atoms with Crippen LogP contribution >= 0.6 is 0 Å². The number of hydrogen-bond donors (Lipinski definition) is 2. The van der Waals surface area contributed by atoms with Crippen LogP contribution in [0.4, 0.5) is 17.6 Å². The average molecular weight is 484 g/mol. The van der Waals surface area contributed by atoms with E-state index in [2.05, 4.69) is 5.32 Å². The van der Waals surface area contributed by atoms with Crippen LogP contribution in [0.15, 0.2) is 34.7 Å². The standard InChI is InChI=1S/C24H29F4N3O3/c1-14-4-7-20(34-14)18(23(8-9-23)24(26,27)28)12-21(32)30-13-16(31(2)3)10-15-5-6-17(22(29)33)19(25)11-15/h4-7,11,16,18H,8-10,12-13H2,1-3H3,(H2,29,33)(H,30,32). The third-order valence-corrected chi connectivity index (χ3v) is 6.55. The Morgan fingerprint density at radius 2 is 1.88 bits per heavy atom. The molecule has 1 saturated carbocycles. The highest BCUT2D eigenvalue weighted by Gasteiger charge is 2.68. The number of hydrogen-bond acceptors (Lipinski definition) is 4. The van der Waals surface area contributed by atoms with Gasteiger partial charge in [-0.1, -0.05) is 6.07 Å². The van der Waals surface area contributed by atoms with Gasteiger partial charge in [-0.15, -0.1) is 0 Å². The molecule has 0 saturated heterocycles. The number of nitrogens with one attached hydrogen (secondary N) is 1. The smallest absolute Gasteiger partial charge is 0.395 e. The predicted molar refractivity (Wildman–Crippen MR) is 118 cm³/mol. The molecule has 2 atom stereocenters. The van der Waals surface area contributed by atoms with E-state index in [-0.39, 0.29) is 43.2 Å². The zero-order valence-electron chi connectivity index (χ0n) is 19.3. The summed E-state index contributed by atoms with van der Waals surface area (Å²) in [6.07, 6.45) is -4.53. The molecule has 1 aromatic carbocycles. The zero-order valence-corrected chi connectivity index (χ0v) is 19.3. The van der Waals surface area contributed by atoms with Gasteiger partial charge in [-0.2, -0.15) is 13.2 Å². The predicted octanol–water partition coefficient (Wildman–Crippen LogP) is 3.93. The van der Waals surface area contributed by atoms with Crippen LogP contribution in [0.5, 0.6) is 0 Å². The van der Waals surface area contributed by atoms with Crippen LogP contribution in [-0.2, 0) is 11.2 Å². The van der Waals surface area contributed by atoms with Crippen LogP contribution in [-0.4, -0.2) is 49.6 Å². The van der Waals surface area contributed by atoms with Crippen LogP contribution in [0.2, 0.25) is 0 Å². The Labute approximate surface area is 195 Å². The Bertz CT molecular complexity index is 1040. The minimum absolute atomic E-state index is 0.0403. The molecular weight excluding hydrogens is 454 g/mol. The lowest BCUT2D eigenvalue weighted by Gasteiger charge is -2.28. The van der Waals surface area contributed by atoms with Gasteiger partial charge in [0.05, 0.1) is 11.0 Å². The van der Waals surface area contributed by atoms with Crippen molar-refractivity contribution in [1.82, 2.24) is 10.2 Å². The summed E-state index contributed by atoms with van der Waals surface area (Å²) in [7, 11) is 3.56. The molecule has 1 heterocycles. The number of aryl methyl sites for hydroxylation is 1. The maximum atomic E-state index is 14.1. The van der Waals surface area contributed by atoms with Crippen LogP contribution in [0, 0.1) is 18.2 Å². The summed E-state index contributed by atoms with van der Waals surface area (Å²) in [6.45, 7) is 1.79. The molecule has 0 spiro atoms. The van der Waals surface area contributed by atoms with Gasteiger partial charge in [-0.05, 0) is 70.1 Å². The minimum Gasteiger partial charge on any atom is -0.466 e. The normalized spacial score (nSPS) is 16.8. The summed E-state index contributed by atoms with van der Waals surface area (Å²) in [6, 6.07) is 6.94. The number of carbonyl (C=O) groups is 2. The molecule has 0 aliphatic heterocycles. The number of amides is 2. The van der Waals surface area contributed by atoms with Gasteiger partial charge in [0.15, 0.2) is 0 Å². The molecular formula is C24H29F4N3O3. The molecule has 3 rings (SSSR count). The third kappa shape index (κ3) is 5.60. The number of nitrogens with zero attached hydrogens (tertiary/aromatic N) is 1. The molecule has 0 bridgehead atoms. The maximum absolute atomic E-state index is 14.1. The van der Waals surface area contributed by atoms with Gasteiger partial charge in [0, 0.05) is 24.9 Å². The Kier molecular flexibility index (Phi) is 7.40. The molecule has 6 nitrogen and oxygen atoms in total. The van der Waals surface area contributed by atoms with Crippen molar-refractivity contribution in [2.45, 2.75) is 50.7 Å². The molecule has 10 heteroatoms. The van der Waals surface area contributed by atoms with Crippen LogP contribution < -0.4 is 11.1 Å². The second-order valence-electron chi connectivity index (χ2n) is 9.16. The largest absolute Gasteiger partial charge is 0.466 e. The molecule has 2 aromatic rings. The Balaban J connectivity index is 1.68. The third-order valence-electron chi connectivity index (χ3n) is 6.55. The van der Waals surface area contributed by atoms with Gasteiger partial charge in [0.2, 0.25) is 5.91 Å². The van der Waals surface area contributed by atoms with Crippen molar-refractivity contribution in [3.8, 4) is 0 Å². The molecule has 1 fully saturated rings. The number of likely N-dealkylation sites (N-methyl/N-ethyl adjacent to an activating group) is 1. The topological polar surface area (TPSA) is 88.6 Å². The lowest BCUT2D eigenvalue weighted by molar-refractivity contribution is -0.196. The monoisotopic (exact) mass is 483 g/mol. The second kappa shape index (κ2) is 9.77. The molecule has 2 amide bonds. The van der Waals surface area contributed by atoms with Crippen molar-refractivity contribution in [2.24, 2.45) is 11.1 Å². The van der Waals surface area contributed by atoms with Crippen LogP contribution in [0.1, 0.15) is 52.6 Å². The van der Waals surface area contributed by atoms with Gasteiger partial charge in [-0.3, -0.25) is 9.59 Å². The Morgan fingerprint density at radius 1 is 1.21 bits per heavy atom. The number of nitrogens with two attached hydrogens (primary N) is 1. The second-order valence-corrected chi connectivity index (χ2v) is 9.16. The molecule has 3 N–H and O–H groups in total. The first kappa shape index (κ1) is 25.7. The molecule has 186 valence electrons. The summed E-state index contributed by atoms with van der Waals surface area (Å²) < 4.78 is 61.1. The van der Waals surface area contributed by atoms with E-state index in [1.54, 1.807) is 33.2 Å². The molecule has 1 aromatic heterocycles. The van der Waals surface area contributed by atoms with Crippen LogP contribution in [0.3, 0.4) is 0 Å². The van der Waals surface area contributed by atoms with E-state index in [0.717, 1.165) is 0 Å². The highest BCUT2D eigenvalue weighted by atomic mass is 19.4. The van der Waals surface area contributed by atoms with Gasteiger partial charge in [0.1, 0.15) is 17.3 Å². The van der Waals surface area contributed by atoms with E-state index in [1.807, 2.05) is 4.90 Å². The minimum atomic E-state index is -4.44. The maximum Gasteiger partial charge on any atom is 0.395 e. The fraction of sp³-hybridized carbons (Fsp3) is 0.500. The quantitative estimate of drug-likeness (QED) is 0.502. The van der Waals surface area contributed by atoms with Crippen molar-refractivity contribution >= 4 is 11.8 Å². The number of rotatable bonds is 10. The number of alkyl halides is 3. The van der Waals surface area contributed by atoms with Gasteiger partial charge in [-0.25, -0.2) is 4.39 Å². The fourth-order valence-corrected chi connectivity index (χ4v) is 4.26. The number of benzene rings is 1. The van der Waals surface area contributed by atoms with E-state index in [0.29, 0.717) is 17.7 Å². The van der Waals surface area contributed by atoms with E-state index < -0.39 is 35.1 Å². The summed E-state index contributed by atoms with van der Waals surface area (Å²) in [4.78, 5) is 25.8. The van der Waals surface area contributed by atoms with Crippen LogP contribution in [0.25, 0.3) is 0 Å². The Morgan fingerprint density at radius 3 is 2.35 bits per heavy atom. The SMILES string of the molecule is Cc1ccc(C(CC(=O)NCC(Cc2ccc(C(N)=O)c(F)c2)N(C)C)C2(C(F)(F)F)CC2)o1. The average Bonchev–Trinajstić information content (AvgIpc) is 3.44. The van der Waals surface area contributed by atoms with Gasteiger partial charge < -0.3 is 20.4 Å². The number of primary amides is 1. The first-order valence-corrected chi connectivity index (χ1v) is 11.0. The van der Waals surface area contributed by atoms with E-state index in [1.165, 1.54) is 18.2 Å². The van der Waals surface area contributed by atoms with E-state index in [4.69, 9.17) is 10.2 Å². The molecule has 0 radical (unpaired) electrons. The number of furan rings is 1. The van der Waals surface area contributed by atoms with Crippen molar-refractivity contribution in [3.63, 3.8) is 0 Å². The fourth-order valence-electron chi connectivity index (χ4n) is 4.26. The Hall–Kier alpha value is -2.88. The number of halogens is 4. The van der Waals surface area contributed by atoms with Crippen molar-refractivity contribution in [1.29, 1.82) is 0 Å². The van der Waals surface area contributed by atoms with Crippen molar-refractivity contribution in [3.05, 3.63) is 58.8 Å². The first-order valence-electron chi connectivity index (χ1n) is 11.0. The summed E-state index contributed by atoms with van der Waals surface area (Å²) in [5.41, 5.74) is 3.56. The van der Waals surface area contributed by atoms with Gasteiger partial charge in [0.25, 0.3) is 5.91 Å². The highest BCUT2D eigenvalue weighted by Crippen LogP contribution is 2.66. The molecule has 2 unspecified atom stereocenters. The van der Waals surface area contributed by atoms with Crippen molar-refractivity contribution < 1.29 is 31.6 Å². The first-order chi connectivity index (χ1) is 15.8. The molecule has 1 aliphatic rings. The summed E-state index contributed by atoms with van der Waals surface area (Å²) in [5, 5.41) is 2.73. The van der Waals surface area contributed by atoms with E-state index >= 15 is 0 Å². The lowest BCUT2D eigenvalue weighted by Crippen LogP contribution is -2.42. The lowest BCUT2D eigenvalue weighted by atomic mass is 9.83. The molecule has 34 heavy (non-hydrogen) atoms. The highest BCUT2D eigenvalue weighted by molar-refractivity contribution is 5.93. The van der Waals surface area contributed by atoms with Gasteiger partial charge >= 0.3 is 6.18 Å².